The first-order valence-corrected chi connectivity index (χ1v) is 11.0. The monoisotopic (exact) mass is 497 g/mol. The van der Waals surface area contributed by atoms with Crippen LogP contribution in [0.25, 0.3) is 11.0 Å². The highest BCUT2D eigenvalue weighted by Crippen LogP contribution is 2.47. The van der Waals surface area contributed by atoms with Crippen LogP contribution in [0.1, 0.15) is 30.5 Å². The van der Waals surface area contributed by atoms with Crippen molar-refractivity contribution in [1.29, 1.82) is 0 Å². The van der Waals surface area contributed by atoms with Gasteiger partial charge in [0.15, 0.2) is 0 Å². The normalized spacial score (nSPS) is 22.3. The van der Waals surface area contributed by atoms with Crippen LogP contribution in [-0.4, -0.2) is 39.6 Å². The third kappa shape index (κ3) is 3.98. The van der Waals surface area contributed by atoms with Crippen molar-refractivity contribution in [2.75, 3.05) is 16.8 Å². The zero-order valence-corrected chi connectivity index (χ0v) is 18.7. The summed E-state index contributed by atoms with van der Waals surface area (Å²) in [5, 5.41) is 0.867. The number of hydrogen-bond donors (Lipinski definition) is 0. The quantitative estimate of drug-likeness (QED) is 0.477. The van der Waals surface area contributed by atoms with Gasteiger partial charge in [0.1, 0.15) is 29.0 Å². The van der Waals surface area contributed by atoms with Gasteiger partial charge in [0.2, 0.25) is 0 Å². The number of carbonyl (C=O) groups is 1. The molecule has 3 aromatic rings. The number of hydrogen-bond acceptors (Lipinski definition) is 4. The molecule has 1 aliphatic heterocycles. The highest BCUT2D eigenvalue weighted by Gasteiger charge is 2.51. The van der Waals surface area contributed by atoms with Crippen LogP contribution in [0.15, 0.2) is 36.5 Å². The molecule has 1 saturated heterocycles. The average molecular weight is 497 g/mol. The van der Waals surface area contributed by atoms with Gasteiger partial charge >= 0.3 is 12.4 Å². The Kier molecular flexibility index (Phi) is 5.26. The molecular weight excluding hydrogens is 476 g/mol. The van der Waals surface area contributed by atoms with Crippen molar-refractivity contribution >= 4 is 28.6 Å². The van der Waals surface area contributed by atoms with E-state index in [0.717, 1.165) is 5.39 Å². The Labute approximate surface area is 196 Å². The number of anilines is 2. The first-order chi connectivity index (χ1) is 16.3. The summed E-state index contributed by atoms with van der Waals surface area (Å²) in [6, 6.07) is 4.60. The van der Waals surface area contributed by atoms with Crippen molar-refractivity contribution in [1.82, 2.24) is 14.5 Å². The van der Waals surface area contributed by atoms with Gasteiger partial charge in [-0.05, 0) is 55.5 Å². The Hall–Kier alpha value is -3.31. The van der Waals surface area contributed by atoms with Crippen LogP contribution in [0.4, 0.5) is 38.0 Å². The van der Waals surface area contributed by atoms with E-state index in [1.807, 2.05) is 12.3 Å². The van der Waals surface area contributed by atoms with Gasteiger partial charge in [-0.1, -0.05) is 0 Å². The molecule has 2 bridgehead atoms. The van der Waals surface area contributed by atoms with Crippen LogP contribution in [-0.2, 0) is 24.2 Å². The van der Waals surface area contributed by atoms with E-state index < -0.39 is 41.4 Å². The Bertz CT molecular complexity index is 1270. The zero-order valence-electron chi connectivity index (χ0n) is 18.7. The van der Waals surface area contributed by atoms with Crippen molar-refractivity contribution in [3.63, 3.8) is 0 Å². The highest BCUT2D eigenvalue weighted by atomic mass is 19.4. The molecule has 2 fully saturated rings. The fraction of sp³-hybridized carbons (Fsp3) is 0.435. The molecule has 12 heteroatoms. The number of piperidine rings is 1. The third-order valence-electron chi connectivity index (χ3n) is 6.91. The lowest BCUT2D eigenvalue weighted by Gasteiger charge is -2.37. The summed E-state index contributed by atoms with van der Waals surface area (Å²) >= 11 is 0. The summed E-state index contributed by atoms with van der Waals surface area (Å²) < 4.78 is 82.4. The molecule has 4 heterocycles. The molecule has 0 N–H and O–H groups in total. The predicted molar refractivity (Wildman–Crippen MR) is 116 cm³/mol. The van der Waals surface area contributed by atoms with Gasteiger partial charge in [-0.25, -0.2) is 9.97 Å². The summed E-state index contributed by atoms with van der Waals surface area (Å²) in [7, 11) is 3.31. The number of halogens is 6. The maximum Gasteiger partial charge on any atom is 0.433 e. The summed E-state index contributed by atoms with van der Waals surface area (Å²) in [6.07, 6.45) is -6.54. The van der Waals surface area contributed by atoms with E-state index in [4.69, 9.17) is 0 Å². The van der Waals surface area contributed by atoms with Crippen LogP contribution in [0.2, 0.25) is 0 Å². The molecule has 0 radical (unpaired) electrons. The first-order valence-electron chi connectivity index (χ1n) is 11.0. The molecule has 0 spiro atoms. The van der Waals surface area contributed by atoms with Crippen LogP contribution in [0.3, 0.4) is 0 Å². The van der Waals surface area contributed by atoms with Crippen LogP contribution >= 0.6 is 0 Å². The zero-order chi connectivity index (χ0) is 25.3. The van der Waals surface area contributed by atoms with Gasteiger partial charge in [0, 0.05) is 31.7 Å². The van der Waals surface area contributed by atoms with E-state index in [9.17, 15) is 31.1 Å². The summed E-state index contributed by atoms with van der Waals surface area (Å²) in [5.74, 6) is -0.817. The van der Waals surface area contributed by atoms with Crippen molar-refractivity contribution < 1.29 is 31.1 Å². The van der Waals surface area contributed by atoms with E-state index in [1.165, 1.54) is 16.8 Å². The largest absolute Gasteiger partial charge is 0.433 e. The maximum atomic E-state index is 13.6. The number of rotatable bonds is 3. The second-order valence-electron chi connectivity index (χ2n) is 9.08. The number of aryl methyl sites for hydroxylation is 1. The molecule has 0 aromatic carbocycles. The summed E-state index contributed by atoms with van der Waals surface area (Å²) in [5.41, 5.74) is -2.45. The van der Waals surface area contributed by atoms with Gasteiger partial charge in [0.05, 0.1) is 5.56 Å². The Morgan fingerprint density at radius 2 is 1.77 bits per heavy atom. The van der Waals surface area contributed by atoms with Crippen molar-refractivity contribution in [3.8, 4) is 0 Å². The molecule has 1 amide bonds. The van der Waals surface area contributed by atoms with Gasteiger partial charge in [-0.15, -0.1) is 0 Å². The molecule has 6 nitrogen and oxygen atoms in total. The van der Waals surface area contributed by atoms with Gasteiger partial charge in [0.25, 0.3) is 5.91 Å². The smallest absolute Gasteiger partial charge is 0.341 e. The average Bonchev–Trinajstić information content (AvgIpc) is 3.51. The van der Waals surface area contributed by atoms with E-state index in [-0.39, 0.29) is 18.0 Å². The number of pyridine rings is 2. The fourth-order valence-electron chi connectivity index (χ4n) is 5.22. The highest BCUT2D eigenvalue weighted by molar-refractivity contribution is 5.99. The van der Waals surface area contributed by atoms with Gasteiger partial charge in [-0.2, -0.15) is 26.3 Å². The van der Waals surface area contributed by atoms with E-state index >= 15 is 0 Å². The Morgan fingerprint density at radius 1 is 1.03 bits per heavy atom. The minimum absolute atomic E-state index is 0.000219. The minimum atomic E-state index is -5.07. The standard InChI is InChI=1S/C23H21F6N5O/c1-32-8-7-12-4-6-17(31-20(12)32)33(2)21(35)19-13-3-5-15(9-13)34(19)18-11-14(22(24,25)26)10-16(30-18)23(27,28)29/h4,6-8,10-11,13,15,19H,3,5,9H2,1-2H3/t13-,15+,19-/m0/s1. The number of likely N-dealkylation sites (N-methyl/N-ethyl adjacent to an activating group) is 1. The number of nitrogens with zero attached hydrogens (tertiary/aromatic N) is 5. The van der Waals surface area contributed by atoms with Crippen LogP contribution in [0.5, 0.6) is 0 Å². The van der Waals surface area contributed by atoms with E-state index in [2.05, 4.69) is 9.97 Å². The van der Waals surface area contributed by atoms with E-state index in [1.54, 1.807) is 23.7 Å². The number of amides is 1. The lowest BCUT2D eigenvalue weighted by molar-refractivity contribution is -0.145. The number of alkyl halides is 6. The molecular formula is C23H21F6N5O. The lowest BCUT2D eigenvalue weighted by atomic mass is 9.97. The maximum absolute atomic E-state index is 13.6. The Balaban J connectivity index is 1.54. The number of aromatic nitrogens is 3. The minimum Gasteiger partial charge on any atom is -0.341 e. The first kappa shape index (κ1) is 23.4. The topological polar surface area (TPSA) is 54.3 Å². The second kappa shape index (κ2) is 7.85. The molecule has 35 heavy (non-hydrogen) atoms. The van der Waals surface area contributed by atoms with Crippen LogP contribution < -0.4 is 9.80 Å². The van der Waals surface area contributed by atoms with E-state index in [0.29, 0.717) is 36.8 Å². The molecule has 1 aliphatic carbocycles. The number of carbonyl (C=O) groups excluding carboxylic acids is 1. The molecule has 3 aromatic heterocycles. The fourth-order valence-corrected chi connectivity index (χ4v) is 5.22. The Morgan fingerprint density at radius 3 is 2.46 bits per heavy atom. The summed E-state index contributed by atoms with van der Waals surface area (Å²) in [6.45, 7) is 0. The summed E-state index contributed by atoms with van der Waals surface area (Å²) in [4.78, 5) is 24.3. The molecule has 5 rings (SSSR count). The van der Waals surface area contributed by atoms with Crippen molar-refractivity contribution in [2.24, 2.45) is 13.0 Å². The predicted octanol–water partition coefficient (Wildman–Crippen LogP) is 5.03. The second-order valence-corrected chi connectivity index (χ2v) is 9.08. The van der Waals surface area contributed by atoms with Crippen molar-refractivity contribution in [3.05, 3.63) is 47.8 Å². The third-order valence-corrected chi connectivity index (χ3v) is 6.91. The molecule has 1 saturated carbocycles. The SMILES string of the molecule is CN(C(=O)[C@@H]1[C@H]2CC[C@H](C2)N1c1cc(C(F)(F)F)cc(C(F)(F)F)n1)c1ccc2ccn(C)c2n1. The molecule has 3 atom stereocenters. The lowest BCUT2D eigenvalue weighted by Crippen LogP contribution is -2.51. The van der Waals surface area contributed by atoms with Gasteiger partial charge in [-0.3, -0.25) is 9.69 Å². The molecule has 2 aliphatic rings. The van der Waals surface area contributed by atoms with Crippen LogP contribution in [0, 0.1) is 5.92 Å². The molecule has 0 unspecified atom stereocenters. The molecule has 186 valence electrons. The number of fused-ring (bicyclic) bond motifs is 3. The van der Waals surface area contributed by atoms with Crippen molar-refractivity contribution in [2.45, 2.75) is 43.7 Å². The van der Waals surface area contributed by atoms with Gasteiger partial charge < -0.3 is 9.47 Å².